The van der Waals surface area contributed by atoms with Gasteiger partial charge in [-0.2, -0.15) is 0 Å². The molecule has 1 aliphatic rings. The Kier molecular flexibility index (Phi) is 4.45. The number of carbonyl (C=O) groups is 1. The molecule has 2 rings (SSSR count). The second-order valence-corrected chi connectivity index (χ2v) is 5.90. The molecule has 0 bridgehead atoms. The van der Waals surface area contributed by atoms with Crippen LogP contribution in [0.3, 0.4) is 0 Å². The van der Waals surface area contributed by atoms with E-state index in [4.69, 9.17) is 9.78 Å². The molecular formula is C16H22O4. The summed E-state index contributed by atoms with van der Waals surface area (Å²) in [7, 11) is 0. The van der Waals surface area contributed by atoms with Gasteiger partial charge in [0.1, 0.15) is 5.60 Å². The van der Waals surface area contributed by atoms with Gasteiger partial charge in [0.25, 0.3) is 0 Å². The largest absolute Gasteiger partial charge is 0.479 e. The molecule has 0 aliphatic heterocycles. The molecule has 1 aliphatic carbocycles. The minimum absolute atomic E-state index is 0.507. The zero-order valence-corrected chi connectivity index (χ0v) is 12.1. The zero-order chi connectivity index (χ0) is 14.6. The van der Waals surface area contributed by atoms with E-state index >= 15 is 0 Å². The van der Waals surface area contributed by atoms with Crippen molar-refractivity contribution in [2.45, 2.75) is 57.2 Å². The molecule has 1 N–H and O–H groups in total. The average molecular weight is 278 g/mol. The Hall–Kier alpha value is -1.39. The lowest BCUT2D eigenvalue weighted by Crippen LogP contribution is -2.45. The van der Waals surface area contributed by atoms with E-state index in [-0.39, 0.29) is 0 Å². The van der Waals surface area contributed by atoms with Crippen LogP contribution in [0.15, 0.2) is 30.3 Å². The van der Waals surface area contributed by atoms with Gasteiger partial charge in [-0.1, -0.05) is 36.8 Å². The van der Waals surface area contributed by atoms with E-state index in [0.29, 0.717) is 12.8 Å². The second kappa shape index (κ2) is 5.94. The first-order chi connectivity index (χ1) is 9.46. The molecule has 20 heavy (non-hydrogen) atoms. The number of hydrogen-bond donors (Lipinski definition) is 1. The number of hydrogen-bond acceptors (Lipinski definition) is 3. The van der Waals surface area contributed by atoms with E-state index in [1.807, 2.05) is 44.2 Å². The molecule has 1 aromatic carbocycles. The van der Waals surface area contributed by atoms with Gasteiger partial charge in [0, 0.05) is 0 Å². The Balaban J connectivity index is 2.07. The van der Waals surface area contributed by atoms with Crippen LogP contribution in [-0.4, -0.2) is 16.7 Å². The lowest BCUT2D eigenvalue weighted by atomic mass is 9.85. The molecule has 4 nitrogen and oxygen atoms in total. The standard InChI is InChI=1S/C16H22O4/c1-15(2,13-9-5-3-6-10-13)19-20-16(14(17)18)11-7-4-8-12-16/h3,5-6,9-10H,4,7-8,11-12H2,1-2H3,(H,17,18). The summed E-state index contributed by atoms with van der Waals surface area (Å²) in [6.07, 6.45) is 3.80. The fourth-order valence-electron chi connectivity index (χ4n) is 2.53. The zero-order valence-electron chi connectivity index (χ0n) is 12.1. The van der Waals surface area contributed by atoms with Crippen LogP contribution in [0, 0.1) is 0 Å². The van der Waals surface area contributed by atoms with Gasteiger partial charge in [-0.25, -0.2) is 14.6 Å². The van der Waals surface area contributed by atoms with Gasteiger partial charge in [0.15, 0.2) is 5.60 Å². The van der Waals surface area contributed by atoms with Gasteiger partial charge in [0.2, 0.25) is 0 Å². The minimum Gasteiger partial charge on any atom is -0.479 e. The van der Waals surface area contributed by atoms with Crippen LogP contribution in [-0.2, 0) is 20.2 Å². The minimum atomic E-state index is -1.19. The van der Waals surface area contributed by atoms with Crippen LogP contribution in [0.4, 0.5) is 0 Å². The van der Waals surface area contributed by atoms with Crippen molar-refractivity contribution >= 4 is 5.97 Å². The van der Waals surface area contributed by atoms with E-state index in [9.17, 15) is 9.90 Å². The first-order valence-corrected chi connectivity index (χ1v) is 7.12. The van der Waals surface area contributed by atoms with Crippen molar-refractivity contribution in [3.05, 3.63) is 35.9 Å². The lowest BCUT2D eigenvalue weighted by molar-refractivity contribution is -0.408. The normalized spacial score (nSPS) is 18.7. The fraction of sp³-hybridized carbons (Fsp3) is 0.562. The molecule has 0 spiro atoms. The van der Waals surface area contributed by atoms with Crippen molar-refractivity contribution < 1.29 is 19.7 Å². The third-order valence-corrected chi connectivity index (χ3v) is 3.93. The van der Waals surface area contributed by atoms with Crippen molar-refractivity contribution in [3.63, 3.8) is 0 Å². The van der Waals surface area contributed by atoms with E-state index in [0.717, 1.165) is 24.8 Å². The Morgan fingerprint density at radius 3 is 2.30 bits per heavy atom. The van der Waals surface area contributed by atoms with Crippen LogP contribution in [0.2, 0.25) is 0 Å². The molecule has 0 heterocycles. The van der Waals surface area contributed by atoms with Crippen LogP contribution in [0.5, 0.6) is 0 Å². The summed E-state index contributed by atoms with van der Waals surface area (Å²) in [5.41, 5.74) is -0.915. The Labute approximate surface area is 119 Å². The van der Waals surface area contributed by atoms with Crippen LogP contribution in [0.25, 0.3) is 0 Å². The van der Waals surface area contributed by atoms with Crippen molar-refractivity contribution in [1.82, 2.24) is 0 Å². The van der Waals surface area contributed by atoms with Crippen molar-refractivity contribution in [2.24, 2.45) is 0 Å². The van der Waals surface area contributed by atoms with Gasteiger partial charge < -0.3 is 5.11 Å². The number of aliphatic carboxylic acids is 1. The third-order valence-electron chi connectivity index (χ3n) is 3.93. The maximum atomic E-state index is 11.5. The van der Waals surface area contributed by atoms with E-state index in [1.54, 1.807) is 0 Å². The maximum Gasteiger partial charge on any atom is 0.339 e. The summed E-state index contributed by atoms with van der Waals surface area (Å²) in [6, 6.07) is 9.66. The molecule has 1 saturated carbocycles. The third kappa shape index (κ3) is 3.19. The first-order valence-electron chi connectivity index (χ1n) is 7.12. The second-order valence-electron chi connectivity index (χ2n) is 5.90. The molecule has 0 unspecified atom stereocenters. The SMILES string of the molecule is CC(C)(OOC1(C(=O)O)CCCCC1)c1ccccc1. The van der Waals surface area contributed by atoms with Gasteiger partial charge >= 0.3 is 5.97 Å². The molecule has 0 atom stereocenters. The van der Waals surface area contributed by atoms with Crippen LogP contribution >= 0.6 is 0 Å². The predicted molar refractivity (Wildman–Crippen MR) is 75.1 cm³/mol. The number of carboxylic acids is 1. The Bertz CT molecular complexity index is 447. The smallest absolute Gasteiger partial charge is 0.339 e. The highest BCUT2D eigenvalue weighted by Gasteiger charge is 2.44. The number of benzene rings is 1. The molecule has 0 aromatic heterocycles. The first kappa shape index (κ1) is 15.0. The molecule has 0 saturated heterocycles. The molecule has 1 fully saturated rings. The summed E-state index contributed by atoms with van der Waals surface area (Å²) in [6.45, 7) is 3.75. The number of rotatable bonds is 5. The van der Waals surface area contributed by atoms with E-state index in [2.05, 4.69) is 0 Å². The van der Waals surface area contributed by atoms with E-state index < -0.39 is 17.2 Å². The predicted octanol–water partition coefficient (Wildman–Crippen LogP) is 3.66. The molecule has 0 radical (unpaired) electrons. The highest BCUT2D eigenvalue weighted by atomic mass is 17.2. The maximum absolute atomic E-state index is 11.5. The quantitative estimate of drug-likeness (QED) is 0.659. The van der Waals surface area contributed by atoms with Crippen molar-refractivity contribution in [1.29, 1.82) is 0 Å². The summed E-state index contributed by atoms with van der Waals surface area (Å²) >= 11 is 0. The van der Waals surface area contributed by atoms with Crippen LogP contribution < -0.4 is 0 Å². The monoisotopic (exact) mass is 278 g/mol. The Morgan fingerprint density at radius 1 is 1.15 bits per heavy atom. The van der Waals surface area contributed by atoms with Crippen molar-refractivity contribution in [2.75, 3.05) is 0 Å². The van der Waals surface area contributed by atoms with Gasteiger partial charge in [-0.05, 0) is 45.1 Å². The highest BCUT2D eigenvalue weighted by molar-refractivity contribution is 5.77. The molecule has 0 amide bonds. The van der Waals surface area contributed by atoms with Crippen molar-refractivity contribution in [3.8, 4) is 0 Å². The van der Waals surface area contributed by atoms with Gasteiger partial charge in [-0.3, -0.25) is 0 Å². The molecule has 1 aromatic rings. The summed E-state index contributed by atoms with van der Waals surface area (Å²) < 4.78 is 0. The number of carboxylic acid groups (broad SMARTS) is 1. The summed E-state index contributed by atoms with van der Waals surface area (Å²) in [5, 5.41) is 9.45. The highest BCUT2D eigenvalue weighted by Crippen LogP contribution is 2.35. The fourth-order valence-corrected chi connectivity index (χ4v) is 2.53. The lowest BCUT2D eigenvalue weighted by Gasteiger charge is -2.35. The summed E-state index contributed by atoms with van der Waals surface area (Å²) in [5.74, 6) is -0.930. The topological polar surface area (TPSA) is 55.8 Å². The Morgan fingerprint density at radius 2 is 1.75 bits per heavy atom. The van der Waals surface area contributed by atoms with Gasteiger partial charge in [0.05, 0.1) is 0 Å². The molecular weight excluding hydrogens is 256 g/mol. The molecule has 110 valence electrons. The summed E-state index contributed by atoms with van der Waals surface area (Å²) in [4.78, 5) is 22.5. The van der Waals surface area contributed by atoms with Gasteiger partial charge in [-0.15, -0.1) is 0 Å². The van der Waals surface area contributed by atoms with Crippen LogP contribution in [0.1, 0.15) is 51.5 Å². The molecule has 4 heteroatoms. The average Bonchev–Trinajstić information content (AvgIpc) is 2.47. The van der Waals surface area contributed by atoms with E-state index in [1.165, 1.54) is 0 Å².